The first-order valence-corrected chi connectivity index (χ1v) is 17.3. The van der Waals surface area contributed by atoms with Gasteiger partial charge >= 0.3 is 21.1 Å². The van der Waals surface area contributed by atoms with Crippen molar-refractivity contribution in [3.63, 3.8) is 0 Å². The van der Waals surface area contributed by atoms with Crippen LogP contribution < -0.4 is 14.2 Å². The van der Waals surface area contributed by atoms with Gasteiger partial charge in [0.1, 0.15) is 23.1 Å². The quantitative estimate of drug-likeness (QED) is 0.142. The topological polar surface area (TPSA) is 63.3 Å². The normalized spacial score (nSPS) is 11.4. The summed E-state index contributed by atoms with van der Waals surface area (Å²) in [7, 11) is 1.66. The molecule has 5 aromatic carbocycles. The second-order valence-electron chi connectivity index (χ2n) is 14.0. The molecular formula is C45H38N4O3Pt. The van der Waals surface area contributed by atoms with Crippen molar-refractivity contribution >= 4 is 21.8 Å². The number of fused-ring (bicyclic) bond motifs is 3. The van der Waals surface area contributed by atoms with Gasteiger partial charge in [0, 0.05) is 41.0 Å². The SMILES string of the molecule is COc1ccnc(-n2c3[c-]c(Oc4[c-]c(-n5cc(-c6c(C)cc(Oc7ccccc7)cc6C)cn5)cc(C(C)(C)C)c4)ccc3c3ccccc32)c1.[Pt+2]. The summed E-state index contributed by atoms with van der Waals surface area (Å²) >= 11 is 0. The smallest absolute Gasteiger partial charge is 0.509 e. The molecule has 0 amide bonds. The predicted molar refractivity (Wildman–Crippen MR) is 207 cm³/mol. The van der Waals surface area contributed by atoms with Crippen LogP contribution in [0.4, 0.5) is 0 Å². The summed E-state index contributed by atoms with van der Waals surface area (Å²) in [6.45, 7) is 10.8. The fourth-order valence-corrected chi connectivity index (χ4v) is 6.73. The van der Waals surface area contributed by atoms with E-state index in [-0.39, 0.29) is 26.5 Å². The van der Waals surface area contributed by atoms with Crippen molar-refractivity contribution in [1.82, 2.24) is 19.3 Å². The molecule has 8 heteroatoms. The van der Waals surface area contributed by atoms with Gasteiger partial charge in [0.25, 0.3) is 0 Å². The van der Waals surface area contributed by atoms with Crippen molar-refractivity contribution in [2.45, 2.75) is 40.0 Å². The number of ether oxygens (including phenoxy) is 3. The fourth-order valence-electron chi connectivity index (χ4n) is 6.73. The molecule has 0 fully saturated rings. The number of para-hydroxylation sites is 2. The van der Waals surface area contributed by atoms with Crippen molar-refractivity contribution in [1.29, 1.82) is 0 Å². The standard InChI is InChI=1S/C45H38N4O3.Pt/c1-29-20-37(51-34-12-8-7-9-13-34)21-30(2)44(29)31-27-47-48(28-31)33-22-32(45(3,4)5)23-38(24-33)52-36-16-17-40-39-14-10-11-15-41(39)49(42(40)25-36)43-26-35(50-6)18-19-46-43;/h7-23,26-28H,1-6H3;/q-2;+2. The molecule has 0 atom stereocenters. The van der Waals surface area contributed by atoms with E-state index in [0.29, 0.717) is 11.5 Å². The third kappa shape index (κ3) is 7.10. The van der Waals surface area contributed by atoms with Gasteiger partial charge in [-0.3, -0.25) is 4.68 Å². The van der Waals surface area contributed by atoms with Gasteiger partial charge in [-0.15, -0.1) is 41.3 Å². The maximum atomic E-state index is 6.58. The number of aryl methyl sites for hydroxylation is 2. The molecule has 0 bridgehead atoms. The van der Waals surface area contributed by atoms with Gasteiger partial charge in [0.2, 0.25) is 0 Å². The first-order chi connectivity index (χ1) is 25.1. The molecule has 0 N–H and O–H groups in total. The molecular weight excluding hydrogens is 840 g/mol. The summed E-state index contributed by atoms with van der Waals surface area (Å²) in [5, 5.41) is 6.96. The Morgan fingerprint density at radius 3 is 2.21 bits per heavy atom. The van der Waals surface area contributed by atoms with Gasteiger partial charge in [-0.2, -0.15) is 11.2 Å². The van der Waals surface area contributed by atoms with Crippen LogP contribution in [0.1, 0.15) is 37.5 Å². The van der Waals surface area contributed by atoms with E-state index < -0.39 is 0 Å². The van der Waals surface area contributed by atoms with Gasteiger partial charge in [-0.25, -0.2) is 4.98 Å². The maximum Gasteiger partial charge on any atom is 2.00 e. The molecule has 0 radical (unpaired) electrons. The van der Waals surface area contributed by atoms with E-state index in [1.165, 1.54) is 0 Å². The van der Waals surface area contributed by atoms with Crippen molar-refractivity contribution in [2.75, 3.05) is 7.11 Å². The summed E-state index contributed by atoms with van der Waals surface area (Å²) in [6, 6.07) is 41.3. The van der Waals surface area contributed by atoms with E-state index in [1.54, 1.807) is 13.3 Å². The molecule has 0 aliphatic carbocycles. The minimum Gasteiger partial charge on any atom is -0.509 e. The number of nitrogens with zero attached hydrogens (tertiary/aromatic N) is 4. The molecule has 0 spiro atoms. The summed E-state index contributed by atoms with van der Waals surface area (Å²) in [5.41, 5.74) is 7.95. The second kappa shape index (κ2) is 14.4. The Bertz CT molecular complexity index is 2560. The Hall–Kier alpha value is -5.65. The van der Waals surface area contributed by atoms with Gasteiger partial charge < -0.3 is 18.8 Å². The average Bonchev–Trinajstić information content (AvgIpc) is 3.74. The molecule has 7 nitrogen and oxygen atoms in total. The first-order valence-electron chi connectivity index (χ1n) is 17.3. The first kappa shape index (κ1) is 35.7. The van der Waals surface area contributed by atoms with E-state index in [1.807, 2.05) is 83.8 Å². The number of benzene rings is 5. The third-order valence-corrected chi connectivity index (χ3v) is 9.26. The molecule has 53 heavy (non-hydrogen) atoms. The molecule has 8 rings (SSSR count). The van der Waals surface area contributed by atoms with E-state index in [9.17, 15) is 0 Å². The van der Waals surface area contributed by atoms with E-state index >= 15 is 0 Å². The van der Waals surface area contributed by atoms with Gasteiger partial charge in [-0.1, -0.05) is 62.7 Å². The Labute approximate surface area is 324 Å². The van der Waals surface area contributed by atoms with Crippen LogP contribution in [-0.2, 0) is 26.5 Å². The average molecular weight is 878 g/mol. The molecule has 0 saturated heterocycles. The van der Waals surface area contributed by atoms with Gasteiger partial charge in [-0.05, 0) is 83.4 Å². The third-order valence-electron chi connectivity index (χ3n) is 9.26. The molecule has 3 aromatic heterocycles. The molecule has 0 unspecified atom stereocenters. The molecule has 3 heterocycles. The zero-order valence-electron chi connectivity index (χ0n) is 30.4. The van der Waals surface area contributed by atoms with Gasteiger partial charge in [0.15, 0.2) is 0 Å². The number of methoxy groups -OCH3 is 1. The number of rotatable bonds is 8. The van der Waals surface area contributed by atoms with Gasteiger partial charge in [0.05, 0.1) is 13.3 Å². The molecule has 0 aliphatic heterocycles. The van der Waals surface area contributed by atoms with Crippen molar-refractivity contribution in [3.05, 3.63) is 151 Å². The van der Waals surface area contributed by atoms with Crippen LogP contribution >= 0.6 is 0 Å². The summed E-state index contributed by atoms with van der Waals surface area (Å²) in [5.74, 6) is 4.22. The molecule has 266 valence electrons. The van der Waals surface area contributed by atoms with Crippen LogP contribution in [0, 0.1) is 26.0 Å². The number of pyridine rings is 1. The van der Waals surface area contributed by atoms with Crippen LogP contribution in [0.5, 0.6) is 28.7 Å². The Kier molecular flexibility index (Phi) is 9.71. The zero-order chi connectivity index (χ0) is 36.0. The number of aromatic nitrogens is 4. The number of hydrogen-bond acceptors (Lipinski definition) is 5. The monoisotopic (exact) mass is 877 g/mol. The van der Waals surface area contributed by atoms with Crippen molar-refractivity contribution in [3.8, 4) is 51.4 Å². The minimum atomic E-state index is -0.155. The van der Waals surface area contributed by atoms with Crippen molar-refractivity contribution in [2.24, 2.45) is 0 Å². The van der Waals surface area contributed by atoms with Crippen LogP contribution in [0.15, 0.2) is 122 Å². The Balaban J connectivity index is 0.00000435. The zero-order valence-corrected chi connectivity index (χ0v) is 32.6. The maximum absolute atomic E-state index is 6.58. The largest absolute Gasteiger partial charge is 2.00 e. The van der Waals surface area contributed by atoms with E-state index in [2.05, 4.69) is 92.7 Å². The number of hydrogen-bond donors (Lipinski definition) is 0. The second-order valence-corrected chi connectivity index (χ2v) is 14.0. The van der Waals surface area contributed by atoms with Crippen molar-refractivity contribution < 1.29 is 35.3 Å². The van der Waals surface area contributed by atoms with Crippen LogP contribution in [-0.4, -0.2) is 26.4 Å². The van der Waals surface area contributed by atoms with Crippen LogP contribution in [0.2, 0.25) is 0 Å². The summed E-state index contributed by atoms with van der Waals surface area (Å²) in [6.07, 6.45) is 5.70. The van der Waals surface area contributed by atoms with E-state index in [0.717, 1.165) is 78.4 Å². The van der Waals surface area contributed by atoms with Crippen LogP contribution in [0.25, 0.3) is 44.4 Å². The predicted octanol–water partition coefficient (Wildman–Crippen LogP) is 11.1. The molecule has 8 aromatic rings. The Morgan fingerprint density at radius 2 is 1.45 bits per heavy atom. The van der Waals surface area contributed by atoms with E-state index in [4.69, 9.17) is 19.3 Å². The minimum absolute atomic E-state index is 0. The summed E-state index contributed by atoms with van der Waals surface area (Å²) < 4.78 is 22.2. The molecule has 0 saturated carbocycles. The molecule has 0 aliphatic rings. The Morgan fingerprint density at radius 1 is 0.698 bits per heavy atom. The fraction of sp³-hybridized carbons (Fsp3) is 0.156. The summed E-state index contributed by atoms with van der Waals surface area (Å²) in [4.78, 5) is 4.68. The van der Waals surface area contributed by atoms with Crippen LogP contribution in [0.3, 0.4) is 0 Å².